The van der Waals surface area contributed by atoms with Gasteiger partial charge in [0.05, 0.1) is 12.8 Å². The summed E-state index contributed by atoms with van der Waals surface area (Å²) in [5.41, 5.74) is 2.44. The highest BCUT2D eigenvalue weighted by atomic mass is 16.5. The highest BCUT2D eigenvalue weighted by Gasteiger charge is 2.08. The number of oxazole rings is 1. The Hall–Kier alpha value is -3.68. The van der Waals surface area contributed by atoms with Crippen molar-refractivity contribution in [3.8, 4) is 28.6 Å². The molecule has 0 fully saturated rings. The van der Waals surface area contributed by atoms with Gasteiger partial charge in [0.1, 0.15) is 36.4 Å². The van der Waals surface area contributed by atoms with Crippen molar-refractivity contribution in [1.29, 1.82) is 0 Å². The minimum absolute atomic E-state index is 0.309. The summed E-state index contributed by atoms with van der Waals surface area (Å²) in [6.07, 6.45) is 3.13. The van der Waals surface area contributed by atoms with Gasteiger partial charge in [0.2, 0.25) is 5.89 Å². The van der Waals surface area contributed by atoms with Crippen LogP contribution in [0.15, 0.2) is 65.5 Å². The van der Waals surface area contributed by atoms with E-state index in [0.717, 1.165) is 22.7 Å². The van der Waals surface area contributed by atoms with Gasteiger partial charge < -0.3 is 13.9 Å². The molecule has 0 aliphatic heterocycles. The monoisotopic (exact) mass is 349 g/mol. The van der Waals surface area contributed by atoms with Crippen LogP contribution in [0.25, 0.3) is 17.1 Å². The maximum absolute atomic E-state index is 5.75. The number of methoxy groups -OCH3 is 1. The Kier molecular flexibility index (Phi) is 4.29. The molecule has 0 unspecified atom stereocenters. The minimum Gasteiger partial charge on any atom is -0.497 e. The minimum atomic E-state index is 0.309. The lowest BCUT2D eigenvalue weighted by Crippen LogP contribution is -1.97. The van der Waals surface area contributed by atoms with E-state index in [-0.39, 0.29) is 0 Å². The third-order valence-corrected chi connectivity index (χ3v) is 3.73. The molecular formula is C18H15N5O3. The second-order valence-corrected chi connectivity index (χ2v) is 5.41. The first-order valence-electron chi connectivity index (χ1n) is 7.87. The Morgan fingerprint density at radius 2 is 1.77 bits per heavy atom. The third-order valence-electron chi connectivity index (χ3n) is 3.73. The number of ether oxygens (including phenoxy) is 2. The van der Waals surface area contributed by atoms with E-state index in [1.54, 1.807) is 18.1 Å². The van der Waals surface area contributed by atoms with Gasteiger partial charge in [-0.1, -0.05) is 0 Å². The summed E-state index contributed by atoms with van der Waals surface area (Å²) in [5.74, 6) is 2.05. The number of hydrogen-bond donors (Lipinski definition) is 0. The van der Waals surface area contributed by atoms with Gasteiger partial charge in [-0.2, -0.15) is 0 Å². The molecular weight excluding hydrogens is 334 g/mol. The van der Waals surface area contributed by atoms with Gasteiger partial charge in [-0.15, -0.1) is 5.10 Å². The van der Waals surface area contributed by atoms with Crippen LogP contribution in [-0.2, 0) is 6.61 Å². The highest BCUT2D eigenvalue weighted by Crippen LogP contribution is 2.22. The fraction of sp³-hybridized carbons (Fsp3) is 0.111. The zero-order valence-electron chi connectivity index (χ0n) is 13.9. The number of tetrazole rings is 1. The van der Waals surface area contributed by atoms with E-state index in [1.807, 2.05) is 48.5 Å². The van der Waals surface area contributed by atoms with Gasteiger partial charge in [-0.25, -0.2) is 9.67 Å². The van der Waals surface area contributed by atoms with Crippen molar-refractivity contribution in [3.05, 3.63) is 66.8 Å². The van der Waals surface area contributed by atoms with E-state index in [0.29, 0.717) is 18.2 Å². The molecule has 0 bridgehead atoms. The van der Waals surface area contributed by atoms with Crippen molar-refractivity contribution in [2.75, 3.05) is 7.11 Å². The molecule has 0 amide bonds. The average Bonchev–Trinajstić information content (AvgIpc) is 3.39. The van der Waals surface area contributed by atoms with Crippen LogP contribution in [0.4, 0.5) is 0 Å². The lowest BCUT2D eigenvalue weighted by atomic mass is 10.2. The maximum Gasteiger partial charge on any atom is 0.226 e. The van der Waals surface area contributed by atoms with E-state index in [4.69, 9.17) is 13.9 Å². The molecule has 8 nitrogen and oxygen atoms in total. The summed E-state index contributed by atoms with van der Waals surface area (Å²) in [6.45, 7) is 0.309. The van der Waals surface area contributed by atoms with Crippen molar-refractivity contribution in [2.24, 2.45) is 0 Å². The largest absolute Gasteiger partial charge is 0.497 e. The summed E-state index contributed by atoms with van der Waals surface area (Å²) in [6, 6.07) is 15.0. The molecule has 0 atom stereocenters. The zero-order valence-corrected chi connectivity index (χ0v) is 13.9. The molecule has 0 N–H and O–H groups in total. The maximum atomic E-state index is 5.75. The molecule has 0 aliphatic carbocycles. The van der Waals surface area contributed by atoms with Crippen LogP contribution in [-0.4, -0.2) is 32.3 Å². The molecule has 0 saturated carbocycles. The van der Waals surface area contributed by atoms with Crippen molar-refractivity contribution >= 4 is 0 Å². The topological polar surface area (TPSA) is 88.1 Å². The molecule has 2 heterocycles. The number of nitrogens with zero attached hydrogens (tertiary/aromatic N) is 5. The molecule has 26 heavy (non-hydrogen) atoms. The van der Waals surface area contributed by atoms with Crippen molar-refractivity contribution in [3.63, 3.8) is 0 Å². The third kappa shape index (κ3) is 3.39. The van der Waals surface area contributed by atoms with Gasteiger partial charge in [-0.05, 0) is 59.0 Å². The van der Waals surface area contributed by atoms with Gasteiger partial charge >= 0.3 is 0 Å². The molecule has 0 aliphatic rings. The lowest BCUT2D eigenvalue weighted by Gasteiger charge is -2.05. The molecule has 0 spiro atoms. The Balaban J connectivity index is 1.39. The quantitative estimate of drug-likeness (QED) is 0.529. The van der Waals surface area contributed by atoms with Gasteiger partial charge in [0, 0.05) is 5.56 Å². The molecule has 0 saturated heterocycles. The standard InChI is InChI=1S/C18H15N5O3/c1-24-16-6-2-13(3-7-16)18-20-14(11-26-18)10-25-17-8-4-15(5-9-17)23-12-19-21-22-23/h2-9,11-12H,10H2,1H3. The van der Waals surface area contributed by atoms with E-state index in [9.17, 15) is 0 Å². The summed E-state index contributed by atoms with van der Waals surface area (Å²) in [7, 11) is 1.63. The molecule has 0 radical (unpaired) electrons. The van der Waals surface area contributed by atoms with Crippen LogP contribution in [0.5, 0.6) is 11.5 Å². The summed E-state index contributed by atoms with van der Waals surface area (Å²) < 4.78 is 18.0. The van der Waals surface area contributed by atoms with Crippen molar-refractivity contribution in [1.82, 2.24) is 25.2 Å². The number of aromatic nitrogens is 5. The SMILES string of the molecule is COc1ccc(-c2nc(COc3ccc(-n4cnnn4)cc3)co2)cc1. The second kappa shape index (κ2) is 7.06. The van der Waals surface area contributed by atoms with Crippen LogP contribution in [0, 0.1) is 0 Å². The molecule has 2 aromatic carbocycles. The van der Waals surface area contributed by atoms with Crippen molar-refractivity contribution in [2.45, 2.75) is 6.61 Å². The molecule has 4 aromatic rings. The van der Waals surface area contributed by atoms with Crippen LogP contribution in [0.3, 0.4) is 0 Å². The molecule has 8 heteroatoms. The zero-order chi connectivity index (χ0) is 17.8. The molecule has 130 valence electrons. The van der Waals surface area contributed by atoms with E-state index >= 15 is 0 Å². The number of rotatable bonds is 6. The fourth-order valence-electron chi connectivity index (χ4n) is 2.37. The predicted molar refractivity (Wildman–Crippen MR) is 92.0 cm³/mol. The Morgan fingerprint density at radius 3 is 2.46 bits per heavy atom. The first-order valence-corrected chi connectivity index (χ1v) is 7.87. The van der Waals surface area contributed by atoms with Gasteiger partial charge in [-0.3, -0.25) is 0 Å². The Bertz CT molecular complexity index is 963. The highest BCUT2D eigenvalue weighted by molar-refractivity contribution is 5.54. The normalized spacial score (nSPS) is 10.7. The van der Waals surface area contributed by atoms with Crippen molar-refractivity contribution < 1.29 is 13.9 Å². The van der Waals surface area contributed by atoms with E-state index in [1.165, 1.54) is 6.33 Å². The first kappa shape index (κ1) is 15.8. The predicted octanol–water partition coefficient (Wildman–Crippen LogP) is 2.90. The smallest absolute Gasteiger partial charge is 0.226 e. The van der Waals surface area contributed by atoms with E-state index < -0.39 is 0 Å². The lowest BCUT2D eigenvalue weighted by molar-refractivity contribution is 0.301. The fourth-order valence-corrected chi connectivity index (χ4v) is 2.37. The second-order valence-electron chi connectivity index (χ2n) is 5.41. The summed E-state index contributed by atoms with van der Waals surface area (Å²) >= 11 is 0. The average molecular weight is 349 g/mol. The summed E-state index contributed by atoms with van der Waals surface area (Å²) in [4.78, 5) is 4.45. The van der Waals surface area contributed by atoms with Gasteiger partial charge in [0.15, 0.2) is 0 Å². The summed E-state index contributed by atoms with van der Waals surface area (Å²) in [5, 5.41) is 11.1. The van der Waals surface area contributed by atoms with Gasteiger partial charge in [0.25, 0.3) is 0 Å². The number of benzene rings is 2. The van der Waals surface area contributed by atoms with Crippen LogP contribution >= 0.6 is 0 Å². The Labute approximate surface area is 149 Å². The molecule has 4 rings (SSSR count). The van der Waals surface area contributed by atoms with Crippen LogP contribution in [0.2, 0.25) is 0 Å². The number of hydrogen-bond acceptors (Lipinski definition) is 7. The van der Waals surface area contributed by atoms with E-state index in [2.05, 4.69) is 20.5 Å². The first-order chi connectivity index (χ1) is 12.8. The Morgan fingerprint density at radius 1 is 1.00 bits per heavy atom. The molecule has 2 aromatic heterocycles. The van der Waals surface area contributed by atoms with Crippen LogP contribution in [0.1, 0.15) is 5.69 Å². The van der Waals surface area contributed by atoms with Crippen LogP contribution < -0.4 is 9.47 Å².